The van der Waals surface area contributed by atoms with E-state index in [9.17, 15) is 14.0 Å². The second-order valence-electron chi connectivity index (χ2n) is 9.20. The summed E-state index contributed by atoms with van der Waals surface area (Å²) in [5, 5.41) is 2.86. The average Bonchev–Trinajstić information content (AvgIpc) is 3.62. The van der Waals surface area contributed by atoms with Crippen LogP contribution in [0.4, 0.5) is 15.8 Å². The Hall–Kier alpha value is -3.67. The fourth-order valence-corrected chi connectivity index (χ4v) is 4.06. The third-order valence-electron chi connectivity index (χ3n) is 5.99. The van der Waals surface area contributed by atoms with Gasteiger partial charge >= 0.3 is 0 Å². The van der Waals surface area contributed by atoms with Crippen molar-refractivity contribution >= 4 is 23.2 Å². The fourth-order valence-electron chi connectivity index (χ4n) is 4.06. The lowest BCUT2D eigenvalue weighted by Gasteiger charge is -2.26. The number of aryl methyl sites for hydroxylation is 1. The predicted molar refractivity (Wildman–Crippen MR) is 134 cm³/mol. The Bertz CT molecular complexity index is 1200. The van der Waals surface area contributed by atoms with E-state index in [0.717, 1.165) is 29.7 Å². The zero-order valence-electron chi connectivity index (χ0n) is 19.8. The maximum absolute atomic E-state index is 13.5. The van der Waals surface area contributed by atoms with Crippen molar-refractivity contribution in [3.8, 4) is 0 Å². The number of halogens is 1. The predicted octanol–water partition coefficient (Wildman–Crippen LogP) is 5.50. The van der Waals surface area contributed by atoms with Crippen LogP contribution in [0, 0.1) is 18.7 Å². The minimum absolute atomic E-state index is 0.00880. The first-order valence-electron chi connectivity index (χ1n) is 11.5. The molecule has 0 aromatic heterocycles. The van der Waals surface area contributed by atoms with Crippen LogP contribution in [0.15, 0.2) is 66.7 Å². The van der Waals surface area contributed by atoms with Gasteiger partial charge in [0.2, 0.25) is 0 Å². The van der Waals surface area contributed by atoms with Crippen LogP contribution in [0.1, 0.15) is 44.7 Å². The molecule has 0 spiro atoms. The van der Waals surface area contributed by atoms with E-state index in [4.69, 9.17) is 0 Å². The number of rotatable bonds is 8. The highest BCUT2D eigenvalue weighted by Gasteiger charge is 2.28. The molecule has 34 heavy (non-hydrogen) atoms. The topological polar surface area (TPSA) is 52.7 Å². The van der Waals surface area contributed by atoms with Crippen molar-refractivity contribution in [2.75, 3.05) is 30.9 Å². The number of hydrogen-bond donors (Lipinski definition) is 1. The minimum Gasteiger partial charge on any atom is -0.377 e. The number of carbonyl (C=O) groups excluding carboxylic acids is 2. The maximum Gasteiger partial charge on any atom is 0.255 e. The third kappa shape index (κ3) is 5.81. The van der Waals surface area contributed by atoms with Crippen molar-refractivity contribution in [3.63, 3.8) is 0 Å². The number of carbonyl (C=O) groups is 2. The van der Waals surface area contributed by atoms with Gasteiger partial charge in [-0.15, -0.1) is 0 Å². The summed E-state index contributed by atoms with van der Waals surface area (Å²) in [7, 11) is 3.91. The molecule has 3 aromatic rings. The summed E-state index contributed by atoms with van der Waals surface area (Å²) in [5.74, 6) is -0.294. The van der Waals surface area contributed by atoms with Crippen molar-refractivity contribution < 1.29 is 14.0 Å². The largest absolute Gasteiger partial charge is 0.377 e. The number of amides is 2. The van der Waals surface area contributed by atoms with E-state index in [-0.39, 0.29) is 17.4 Å². The Kier molecular flexibility index (Phi) is 6.96. The summed E-state index contributed by atoms with van der Waals surface area (Å²) < 4.78 is 13.5. The van der Waals surface area contributed by atoms with Gasteiger partial charge in [-0.1, -0.05) is 23.8 Å². The molecule has 5 nitrogen and oxygen atoms in total. The van der Waals surface area contributed by atoms with Crippen LogP contribution in [0.2, 0.25) is 0 Å². The van der Waals surface area contributed by atoms with E-state index in [1.807, 2.05) is 73.3 Å². The zero-order chi connectivity index (χ0) is 24.2. The van der Waals surface area contributed by atoms with Crippen LogP contribution in [0.25, 0.3) is 0 Å². The Morgan fingerprint density at radius 2 is 1.71 bits per heavy atom. The van der Waals surface area contributed by atoms with E-state index in [1.54, 1.807) is 6.07 Å². The Balaban J connectivity index is 1.61. The molecule has 6 heteroatoms. The normalized spacial score (nSPS) is 12.8. The lowest BCUT2D eigenvalue weighted by atomic mass is 10.1. The SMILES string of the molecule is Cc1cccc(C(=O)N(Cc2cc(NC(=O)c3cccc(F)c3)ccc2N(C)C)CC2CC2)c1. The molecule has 0 heterocycles. The highest BCUT2D eigenvalue weighted by atomic mass is 19.1. The Morgan fingerprint density at radius 1 is 0.971 bits per heavy atom. The molecule has 1 saturated carbocycles. The molecular formula is C28H30FN3O2. The lowest BCUT2D eigenvalue weighted by molar-refractivity contribution is 0.0734. The highest BCUT2D eigenvalue weighted by Crippen LogP contribution is 2.32. The molecule has 0 saturated heterocycles. The maximum atomic E-state index is 13.5. The number of hydrogen-bond acceptors (Lipinski definition) is 3. The molecule has 0 aliphatic heterocycles. The molecule has 4 rings (SSSR count). The standard InChI is InChI=1S/C28H30FN3O2/c1-19-6-4-8-22(14-19)28(34)32(17-20-10-11-20)18-23-16-25(12-13-26(23)31(2)3)30-27(33)21-7-5-9-24(29)15-21/h4-9,12-16,20H,10-11,17-18H2,1-3H3,(H,30,33). The molecule has 2 amide bonds. The van der Waals surface area contributed by atoms with Gasteiger partial charge in [0.05, 0.1) is 0 Å². The molecule has 0 bridgehead atoms. The Morgan fingerprint density at radius 3 is 2.38 bits per heavy atom. The molecule has 0 radical (unpaired) electrons. The van der Waals surface area contributed by atoms with Crippen LogP contribution in [0.5, 0.6) is 0 Å². The second-order valence-corrected chi connectivity index (χ2v) is 9.20. The monoisotopic (exact) mass is 459 g/mol. The summed E-state index contributed by atoms with van der Waals surface area (Å²) in [6.45, 7) is 3.12. The number of nitrogens with one attached hydrogen (secondary N) is 1. The van der Waals surface area contributed by atoms with E-state index in [2.05, 4.69) is 5.32 Å². The molecule has 0 atom stereocenters. The molecule has 1 aliphatic rings. The average molecular weight is 460 g/mol. The highest BCUT2D eigenvalue weighted by molar-refractivity contribution is 6.04. The van der Waals surface area contributed by atoms with E-state index < -0.39 is 5.82 Å². The summed E-state index contributed by atoms with van der Waals surface area (Å²) in [4.78, 5) is 30.0. The molecule has 1 fully saturated rings. The minimum atomic E-state index is -0.457. The third-order valence-corrected chi connectivity index (χ3v) is 5.99. The van der Waals surface area contributed by atoms with Crippen molar-refractivity contribution in [3.05, 3.63) is 94.8 Å². The quantitative estimate of drug-likeness (QED) is 0.484. The van der Waals surface area contributed by atoms with Gasteiger partial charge in [0, 0.05) is 49.7 Å². The van der Waals surface area contributed by atoms with Gasteiger partial charge in [0.1, 0.15) is 5.82 Å². The summed E-state index contributed by atoms with van der Waals surface area (Å²) >= 11 is 0. The van der Waals surface area contributed by atoms with E-state index >= 15 is 0 Å². The van der Waals surface area contributed by atoms with Gasteiger partial charge in [-0.05, 0) is 79.8 Å². The first kappa shape index (κ1) is 23.5. The van der Waals surface area contributed by atoms with Crippen LogP contribution in [-0.2, 0) is 6.54 Å². The van der Waals surface area contributed by atoms with Crippen molar-refractivity contribution in [2.24, 2.45) is 5.92 Å². The van der Waals surface area contributed by atoms with Gasteiger partial charge in [-0.3, -0.25) is 9.59 Å². The summed E-state index contributed by atoms with van der Waals surface area (Å²) in [6, 6.07) is 18.9. The Labute approximate surface area is 200 Å². The van der Waals surface area contributed by atoms with Crippen LogP contribution in [-0.4, -0.2) is 37.4 Å². The van der Waals surface area contributed by atoms with Crippen molar-refractivity contribution in [2.45, 2.75) is 26.3 Å². The molecule has 0 unspecified atom stereocenters. The van der Waals surface area contributed by atoms with E-state index in [1.165, 1.54) is 18.2 Å². The lowest BCUT2D eigenvalue weighted by Crippen LogP contribution is -2.33. The van der Waals surface area contributed by atoms with Crippen molar-refractivity contribution in [1.82, 2.24) is 4.90 Å². The first-order chi connectivity index (χ1) is 16.3. The summed E-state index contributed by atoms with van der Waals surface area (Å²) in [5.41, 5.74) is 4.49. The van der Waals surface area contributed by atoms with E-state index in [0.29, 0.717) is 30.3 Å². The zero-order valence-corrected chi connectivity index (χ0v) is 19.8. The number of anilines is 2. The van der Waals surface area contributed by atoms with Gasteiger partial charge in [-0.25, -0.2) is 4.39 Å². The second kappa shape index (κ2) is 10.1. The van der Waals surface area contributed by atoms with Gasteiger partial charge in [0.25, 0.3) is 11.8 Å². The number of nitrogens with zero attached hydrogens (tertiary/aromatic N) is 2. The molecule has 1 aliphatic carbocycles. The first-order valence-corrected chi connectivity index (χ1v) is 11.5. The van der Waals surface area contributed by atoms with Gasteiger partial charge < -0.3 is 15.1 Å². The van der Waals surface area contributed by atoms with Crippen LogP contribution in [0.3, 0.4) is 0 Å². The van der Waals surface area contributed by atoms with Gasteiger partial charge in [-0.2, -0.15) is 0 Å². The van der Waals surface area contributed by atoms with Gasteiger partial charge in [0.15, 0.2) is 0 Å². The molecule has 1 N–H and O–H groups in total. The smallest absolute Gasteiger partial charge is 0.255 e. The molecule has 3 aromatic carbocycles. The summed E-state index contributed by atoms with van der Waals surface area (Å²) in [6.07, 6.45) is 2.28. The number of benzene rings is 3. The van der Waals surface area contributed by atoms with Crippen LogP contribution >= 0.6 is 0 Å². The molecular weight excluding hydrogens is 429 g/mol. The fraction of sp³-hybridized carbons (Fsp3) is 0.286. The van der Waals surface area contributed by atoms with Crippen molar-refractivity contribution in [1.29, 1.82) is 0 Å². The van der Waals surface area contributed by atoms with Crippen LogP contribution < -0.4 is 10.2 Å². The molecule has 176 valence electrons.